The van der Waals surface area contributed by atoms with Crippen LogP contribution in [0.3, 0.4) is 0 Å². The molecule has 1 aliphatic rings. The number of halogens is 2. The SMILES string of the molecule is Clc1ccc(NC(c2ccccc2)C2CC2)cc1Cl. The maximum Gasteiger partial charge on any atom is 0.0612 e. The molecule has 2 aromatic carbocycles. The first-order chi connectivity index (χ1) is 9.24. The molecule has 3 heteroatoms. The molecule has 0 aliphatic heterocycles. The summed E-state index contributed by atoms with van der Waals surface area (Å²) in [6.07, 6.45) is 2.57. The van der Waals surface area contributed by atoms with Crippen molar-refractivity contribution in [2.45, 2.75) is 18.9 Å². The zero-order valence-electron chi connectivity index (χ0n) is 10.4. The molecule has 1 aliphatic carbocycles. The van der Waals surface area contributed by atoms with E-state index in [-0.39, 0.29) is 0 Å². The van der Waals surface area contributed by atoms with Crippen LogP contribution in [-0.4, -0.2) is 0 Å². The van der Waals surface area contributed by atoms with Gasteiger partial charge in [0.05, 0.1) is 16.1 Å². The number of anilines is 1. The van der Waals surface area contributed by atoms with E-state index in [9.17, 15) is 0 Å². The molecule has 0 aromatic heterocycles. The molecule has 98 valence electrons. The zero-order chi connectivity index (χ0) is 13.2. The molecule has 2 aromatic rings. The van der Waals surface area contributed by atoms with Crippen molar-refractivity contribution in [3.8, 4) is 0 Å². The summed E-state index contributed by atoms with van der Waals surface area (Å²) in [5.41, 5.74) is 2.35. The van der Waals surface area contributed by atoms with Crippen molar-refractivity contribution in [1.29, 1.82) is 0 Å². The Morgan fingerprint density at radius 1 is 0.947 bits per heavy atom. The van der Waals surface area contributed by atoms with Crippen LogP contribution in [0, 0.1) is 5.92 Å². The minimum absolute atomic E-state index is 0.360. The lowest BCUT2D eigenvalue weighted by atomic mass is 10.0. The van der Waals surface area contributed by atoms with Gasteiger partial charge in [-0.15, -0.1) is 0 Å². The van der Waals surface area contributed by atoms with E-state index in [1.165, 1.54) is 18.4 Å². The Morgan fingerprint density at radius 3 is 2.32 bits per heavy atom. The summed E-state index contributed by atoms with van der Waals surface area (Å²) in [5.74, 6) is 0.719. The van der Waals surface area contributed by atoms with Crippen LogP contribution in [0.4, 0.5) is 5.69 Å². The summed E-state index contributed by atoms with van der Waals surface area (Å²) in [6, 6.07) is 16.6. The van der Waals surface area contributed by atoms with Gasteiger partial charge in [0.1, 0.15) is 0 Å². The van der Waals surface area contributed by atoms with Gasteiger partial charge in [-0.1, -0.05) is 53.5 Å². The largest absolute Gasteiger partial charge is 0.378 e. The van der Waals surface area contributed by atoms with E-state index in [1.54, 1.807) is 0 Å². The van der Waals surface area contributed by atoms with E-state index in [4.69, 9.17) is 23.2 Å². The second-order valence-electron chi connectivity index (χ2n) is 5.00. The molecule has 0 radical (unpaired) electrons. The Bertz CT molecular complexity index is 564. The monoisotopic (exact) mass is 291 g/mol. The predicted molar refractivity (Wildman–Crippen MR) is 82.0 cm³/mol. The van der Waals surface area contributed by atoms with Crippen molar-refractivity contribution < 1.29 is 0 Å². The predicted octanol–water partition coefficient (Wildman–Crippen LogP) is 5.56. The highest BCUT2D eigenvalue weighted by Crippen LogP contribution is 2.43. The fourth-order valence-electron chi connectivity index (χ4n) is 2.33. The summed E-state index contributed by atoms with van der Waals surface area (Å²) in [4.78, 5) is 0. The third-order valence-electron chi connectivity index (χ3n) is 3.49. The molecule has 1 nitrogen and oxygen atoms in total. The lowest BCUT2D eigenvalue weighted by Crippen LogP contribution is -2.12. The molecule has 1 N–H and O–H groups in total. The molecular weight excluding hydrogens is 277 g/mol. The highest BCUT2D eigenvalue weighted by atomic mass is 35.5. The fourth-order valence-corrected chi connectivity index (χ4v) is 2.63. The smallest absolute Gasteiger partial charge is 0.0612 e. The van der Waals surface area contributed by atoms with Gasteiger partial charge in [-0.05, 0) is 42.5 Å². The number of rotatable bonds is 4. The van der Waals surface area contributed by atoms with E-state index in [0.29, 0.717) is 16.1 Å². The van der Waals surface area contributed by atoms with Crippen LogP contribution in [0.15, 0.2) is 48.5 Å². The topological polar surface area (TPSA) is 12.0 Å². The summed E-state index contributed by atoms with van der Waals surface area (Å²) in [7, 11) is 0. The molecule has 3 rings (SSSR count). The normalized spacial score (nSPS) is 16.1. The van der Waals surface area contributed by atoms with Crippen LogP contribution in [0.1, 0.15) is 24.4 Å². The van der Waals surface area contributed by atoms with Gasteiger partial charge in [0, 0.05) is 5.69 Å². The minimum Gasteiger partial charge on any atom is -0.378 e. The van der Waals surface area contributed by atoms with Gasteiger partial charge in [0.2, 0.25) is 0 Å². The Morgan fingerprint density at radius 2 is 1.68 bits per heavy atom. The molecule has 0 bridgehead atoms. The van der Waals surface area contributed by atoms with Crippen LogP contribution < -0.4 is 5.32 Å². The third-order valence-corrected chi connectivity index (χ3v) is 4.23. The maximum absolute atomic E-state index is 6.07. The highest BCUT2D eigenvalue weighted by Gasteiger charge is 2.32. The number of hydrogen-bond acceptors (Lipinski definition) is 1. The van der Waals surface area contributed by atoms with Crippen molar-refractivity contribution in [1.82, 2.24) is 0 Å². The van der Waals surface area contributed by atoms with Crippen LogP contribution in [-0.2, 0) is 0 Å². The molecule has 0 saturated heterocycles. The second-order valence-corrected chi connectivity index (χ2v) is 5.81. The van der Waals surface area contributed by atoms with Gasteiger partial charge in [-0.25, -0.2) is 0 Å². The summed E-state index contributed by atoms with van der Waals surface area (Å²) in [5, 5.41) is 4.77. The molecule has 1 unspecified atom stereocenters. The molecule has 0 spiro atoms. The van der Waals surface area contributed by atoms with E-state index in [0.717, 1.165) is 11.6 Å². The average Bonchev–Trinajstić information content (AvgIpc) is 3.25. The first-order valence-corrected chi connectivity index (χ1v) is 7.26. The van der Waals surface area contributed by atoms with Crippen LogP contribution in [0.5, 0.6) is 0 Å². The van der Waals surface area contributed by atoms with Crippen LogP contribution >= 0.6 is 23.2 Å². The van der Waals surface area contributed by atoms with E-state index in [2.05, 4.69) is 29.6 Å². The number of nitrogens with one attached hydrogen (secondary N) is 1. The van der Waals surface area contributed by atoms with Gasteiger partial charge in [-0.2, -0.15) is 0 Å². The van der Waals surface area contributed by atoms with Gasteiger partial charge in [-0.3, -0.25) is 0 Å². The average molecular weight is 292 g/mol. The van der Waals surface area contributed by atoms with Gasteiger partial charge in [0.25, 0.3) is 0 Å². The Balaban J connectivity index is 1.84. The maximum atomic E-state index is 6.07. The quantitative estimate of drug-likeness (QED) is 0.778. The van der Waals surface area contributed by atoms with Crippen molar-refractivity contribution in [2.24, 2.45) is 5.92 Å². The van der Waals surface area contributed by atoms with Crippen LogP contribution in [0.25, 0.3) is 0 Å². The van der Waals surface area contributed by atoms with Crippen molar-refractivity contribution in [3.05, 3.63) is 64.1 Å². The fraction of sp³-hybridized carbons (Fsp3) is 0.250. The highest BCUT2D eigenvalue weighted by molar-refractivity contribution is 6.42. The molecule has 0 amide bonds. The summed E-state index contributed by atoms with van der Waals surface area (Å²) >= 11 is 12.0. The van der Waals surface area contributed by atoms with E-state index < -0.39 is 0 Å². The van der Waals surface area contributed by atoms with Gasteiger partial charge in [0.15, 0.2) is 0 Å². The molecular formula is C16H15Cl2N. The van der Waals surface area contributed by atoms with Gasteiger partial charge >= 0.3 is 0 Å². The molecule has 1 saturated carbocycles. The van der Waals surface area contributed by atoms with Crippen molar-refractivity contribution in [2.75, 3.05) is 5.32 Å². The Hall–Kier alpha value is -1.18. The first kappa shape index (κ1) is 12.8. The lowest BCUT2D eigenvalue weighted by molar-refractivity contribution is 0.679. The van der Waals surface area contributed by atoms with E-state index in [1.807, 2.05) is 24.3 Å². The third kappa shape index (κ3) is 3.05. The Labute approximate surface area is 123 Å². The molecule has 0 heterocycles. The number of hydrogen-bond donors (Lipinski definition) is 1. The summed E-state index contributed by atoms with van der Waals surface area (Å²) in [6.45, 7) is 0. The zero-order valence-corrected chi connectivity index (χ0v) is 12.0. The van der Waals surface area contributed by atoms with Crippen molar-refractivity contribution >= 4 is 28.9 Å². The summed E-state index contributed by atoms with van der Waals surface area (Å²) < 4.78 is 0. The van der Waals surface area contributed by atoms with Gasteiger partial charge < -0.3 is 5.32 Å². The lowest BCUT2D eigenvalue weighted by Gasteiger charge is -2.20. The molecule has 1 atom stereocenters. The minimum atomic E-state index is 0.360. The number of benzene rings is 2. The van der Waals surface area contributed by atoms with Crippen molar-refractivity contribution in [3.63, 3.8) is 0 Å². The standard InChI is InChI=1S/C16H15Cl2N/c17-14-9-8-13(10-15(14)18)19-16(12-6-7-12)11-4-2-1-3-5-11/h1-5,8-10,12,16,19H,6-7H2. The second kappa shape index (κ2) is 5.44. The van der Waals surface area contributed by atoms with E-state index >= 15 is 0 Å². The van der Waals surface area contributed by atoms with Crippen LogP contribution in [0.2, 0.25) is 10.0 Å². The Kier molecular flexibility index (Phi) is 3.67. The first-order valence-electron chi connectivity index (χ1n) is 6.50. The molecule has 1 fully saturated rings. The molecule has 19 heavy (non-hydrogen) atoms.